The molecule has 0 bridgehead atoms. The molecular weight excluding hydrogens is 468 g/mol. The topological polar surface area (TPSA) is 85.7 Å². The number of halogens is 1. The van der Waals surface area contributed by atoms with Crippen LogP contribution in [-0.2, 0) is 14.3 Å². The second-order valence-corrected chi connectivity index (χ2v) is 8.92. The third-order valence-electron chi connectivity index (χ3n) is 5.28. The number of ether oxygens (including phenoxy) is 2. The number of anilines is 1. The van der Waals surface area contributed by atoms with E-state index in [1.54, 1.807) is 30.9 Å². The summed E-state index contributed by atoms with van der Waals surface area (Å²) in [5, 5.41) is 3.50. The van der Waals surface area contributed by atoms with Crippen LogP contribution in [0, 0.1) is 5.92 Å². The van der Waals surface area contributed by atoms with Crippen molar-refractivity contribution in [3.8, 4) is 22.7 Å². The van der Waals surface area contributed by atoms with Gasteiger partial charge in [-0.05, 0) is 42.3 Å². The third kappa shape index (κ3) is 7.31. The van der Waals surface area contributed by atoms with Crippen molar-refractivity contribution < 1.29 is 19.1 Å². The molecule has 0 atom stereocenters. The van der Waals surface area contributed by atoms with E-state index in [-0.39, 0.29) is 24.3 Å². The number of nitrogens with zero attached hydrogens (tertiary/aromatic N) is 3. The van der Waals surface area contributed by atoms with Gasteiger partial charge in [-0.3, -0.25) is 19.5 Å². The lowest BCUT2D eigenvalue weighted by molar-refractivity contribution is -0.136. The first-order chi connectivity index (χ1) is 16.8. The molecule has 0 spiro atoms. The van der Waals surface area contributed by atoms with Crippen molar-refractivity contribution in [3.63, 3.8) is 0 Å². The van der Waals surface area contributed by atoms with Gasteiger partial charge < -0.3 is 14.4 Å². The van der Waals surface area contributed by atoms with Crippen LogP contribution in [0.2, 0.25) is 5.02 Å². The molecule has 0 fully saturated rings. The summed E-state index contributed by atoms with van der Waals surface area (Å²) in [6.45, 7) is 4.52. The maximum Gasteiger partial charge on any atom is 0.246 e. The van der Waals surface area contributed by atoms with Crippen molar-refractivity contribution in [1.29, 1.82) is 0 Å². The molecule has 0 unspecified atom stereocenters. The Balaban J connectivity index is 1.88. The van der Waals surface area contributed by atoms with Gasteiger partial charge in [0.25, 0.3) is 0 Å². The number of hydrogen-bond acceptors (Lipinski definition) is 5. The molecule has 1 heterocycles. The van der Waals surface area contributed by atoms with E-state index in [2.05, 4.69) is 10.3 Å². The summed E-state index contributed by atoms with van der Waals surface area (Å²) < 4.78 is 12.2. The van der Waals surface area contributed by atoms with Crippen molar-refractivity contribution in [3.05, 3.63) is 59.8 Å². The van der Waals surface area contributed by atoms with Crippen LogP contribution in [0.4, 0.5) is 5.95 Å². The molecule has 0 saturated heterocycles. The van der Waals surface area contributed by atoms with E-state index in [1.807, 2.05) is 56.4 Å². The van der Waals surface area contributed by atoms with Crippen LogP contribution in [-0.4, -0.2) is 60.2 Å². The molecule has 3 rings (SSSR count). The second-order valence-electron chi connectivity index (χ2n) is 8.48. The summed E-state index contributed by atoms with van der Waals surface area (Å²) in [4.78, 5) is 31.8. The Labute approximate surface area is 210 Å². The van der Waals surface area contributed by atoms with Crippen LogP contribution < -0.4 is 10.1 Å². The second kappa shape index (κ2) is 12.4. The number of carbonyl (C=O) groups is 2. The van der Waals surface area contributed by atoms with Gasteiger partial charge in [0.15, 0.2) is 0 Å². The van der Waals surface area contributed by atoms with Crippen molar-refractivity contribution in [2.45, 2.75) is 20.3 Å². The Morgan fingerprint density at radius 1 is 1.09 bits per heavy atom. The van der Waals surface area contributed by atoms with Crippen LogP contribution in [0.3, 0.4) is 0 Å². The fourth-order valence-corrected chi connectivity index (χ4v) is 3.60. The molecule has 2 amide bonds. The molecule has 186 valence electrons. The predicted molar refractivity (Wildman–Crippen MR) is 137 cm³/mol. The van der Waals surface area contributed by atoms with E-state index in [9.17, 15) is 9.59 Å². The third-order valence-corrected chi connectivity index (χ3v) is 5.54. The normalized spacial score (nSPS) is 10.9. The van der Waals surface area contributed by atoms with Crippen LogP contribution in [0.1, 0.15) is 20.3 Å². The molecular formula is C26H31ClN4O4. The van der Waals surface area contributed by atoms with Crippen molar-refractivity contribution in [2.24, 2.45) is 5.92 Å². The summed E-state index contributed by atoms with van der Waals surface area (Å²) in [7, 11) is 3.17. The molecule has 3 aromatic rings. The number of imidazole rings is 1. The van der Waals surface area contributed by atoms with E-state index >= 15 is 0 Å². The smallest absolute Gasteiger partial charge is 0.246 e. The Morgan fingerprint density at radius 3 is 2.37 bits per heavy atom. The summed E-state index contributed by atoms with van der Waals surface area (Å²) in [5.74, 6) is 0.809. The number of benzene rings is 2. The molecule has 0 aliphatic heterocycles. The molecule has 0 radical (unpaired) electrons. The van der Waals surface area contributed by atoms with Crippen LogP contribution in [0.5, 0.6) is 5.75 Å². The van der Waals surface area contributed by atoms with E-state index < -0.39 is 0 Å². The molecule has 0 aliphatic carbocycles. The maximum atomic E-state index is 13.0. The first-order valence-electron chi connectivity index (χ1n) is 11.4. The lowest BCUT2D eigenvalue weighted by Crippen LogP contribution is -2.40. The summed E-state index contributed by atoms with van der Waals surface area (Å²) in [5.41, 5.74) is 2.31. The first-order valence-corrected chi connectivity index (χ1v) is 11.7. The minimum atomic E-state index is -0.346. The highest BCUT2D eigenvalue weighted by atomic mass is 35.5. The van der Waals surface area contributed by atoms with Crippen LogP contribution in [0.15, 0.2) is 54.7 Å². The van der Waals surface area contributed by atoms with Gasteiger partial charge in [-0.25, -0.2) is 4.98 Å². The number of amides is 2. The van der Waals surface area contributed by atoms with Crippen LogP contribution in [0.25, 0.3) is 16.9 Å². The van der Waals surface area contributed by atoms with Crippen LogP contribution >= 0.6 is 11.6 Å². The minimum absolute atomic E-state index is 0.0902. The summed E-state index contributed by atoms with van der Waals surface area (Å²) in [6.07, 6.45) is 2.20. The average Bonchev–Trinajstić information content (AvgIpc) is 3.25. The van der Waals surface area contributed by atoms with E-state index in [0.29, 0.717) is 36.2 Å². The van der Waals surface area contributed by atoms with Gasteiger partial charge in [-0.2, -0.15) is 0 Å². The SMILES string of the molecule is COCCN(CC(=O)Nc1nc(-c2ccc(Cl)cc2)cn1-c1ccc(OC)cc1)C(=O)CC(C)C. The van der Waals surface area contributed by atoms with Gasteiger partial charge in [0.05, 0.1) is 19.4 Å². The highest BCUT2D eigenvalue weighted by Crippen LogP contribution is 2.26. The van der Waals surface area contributed by atoms with Gasteiger partial charge >= 0.3 is 0 Å². The van der Waals surface area contributed by atoms with Crippen molar-refractivity contribution in [1.82, 2.24) is 14.5 Å². The fraction of sp³-hybridized carbons (Fsp3) is 0.346. The number of rotatable bonds is 11. The van der Waals surface area contributed by atoms with Gasteiger partial charge in [-0.1, -0.05) is 37.6 Å². The molecule has 1 aromatic heterocycles. The highest BCUT2D eigenvalue weighted by molar-refractivity contribution is 6.30. The van der Waals surface area contributed by atoms with Crippen molar-refractivity contribution >= 4 is 29.4 Å². The number of hydrogen-bond donors (Lipinski definition) is 1. The first kappa shape index (κ1) is 26.2. The lowest BCUT2D eigenvalue weighted by Gasteiger charge is -2.22. The minimum Gasteiger partial charge on any atom is -0.497 e. The summed E-state index contributed by atoms with van der Waals surface area (Å²) >= 11 is 6.03. The molecule has 9 heteroatoms. The number of nitrogens with one attached hydrogen (secondary N) is 1. The van der Waals surface area contributed by atoms with E-state index in [4.69, 9.17) is 21.1 Å². The van der Waals surface area contributed by atoms with E-state index in [0.717, 1.165) is 17.0 Å². The average molecular weight is 499 g/mol. The molecule has 2 aromatic carbocycles. The molecule has 1 N–H and O–H groups in total. The quantitative estimate of drug-likeness (QED) is 0.415. The predicted octanol–water partition coefficient (Wildman–Crippen LogP) is 4.66. The fourth-order valence-electron chi connectivity index (χ4n) is 3.48. The van der Waals surface area contributed by atoms with Gasteiger partial charge in [-0.15, -0.1) is 0 Å². The van der Waals surface area contributed by atoms with Gasteiger partial charge in [0, 0.05) is 42.5 Å². The van der Waals surface area contributed by atoms with Gasteiger partial charge in [0.1, 0.15) is 12.3 Å². The van der Waals surface area contributed by atoms with E-state index in [1.165, 1.54) is 4.90 Å². The Kier molecular flexibility index (Phi) is 9.28. The Morgan fingerprint density at radius 2 is 1.77 bits per heavy atom. The molecule has 0 saturated carbocycles. The Hall–Kier alpha value is -3.36. The number of methoxy groups -OCH3 is 2. The molecule has 35 heavy (non-hydrogen) atoms. The summed E-state index contributed by atoms with van der Waals surface area (Å²) in [6, 6.07) is 14.7. The highest BCUT2D eigenvalue weighted by Gasteiger charge is 2.20. The molecule has 0 aliphatic rings. The zero-order valence-corrected chi connectivity index (χ0v) is 21.2. The van der Waals surface area contributed by atoms with Gasteiger partial charge in [0.2, 0.25) is 17.8 Å². The van der Waals surface area contributed by atoms with Crippen molar-refractivity contribution in [2.75, 3.05) is 39.2 Å². The zero-order chi connectivity index (χ0) is 25.4. The largest absolute Gasteiger partial charge is 0.497 e. The lowest BCUT2D eigenvalue weighted by atomic mass is 10.1. The zero-order valence-electron chi connectivity index (χ0n) is 20.5. The number of aromatic nitrogens is 2. The number of carbonyl (C=O) groups excluding carboxylic acids is 2. The maximum absolute atomic E-state index is 13.0. The Bertz CT molecular complexity index is 1130. The molecule has 8 nitrogen and oxygen atoms in total. The monoisotopic (exact) mass is 498 g/mol. The standard InChI is InChI=1S/C26H31ClN4O4/c1-18(2)15-25(33)30(13-14-34-3)17-24(32)29-26-28-23(19-5-7-20(27)8-6-19)16-31(26)21-9-11-22(35-4)12-10-21/h5-12,16,18H,13-15,17H2,1-4H3,(H,28,29,32).